The van der Waals surface area contributed by atoms with E-state index in [1.807, 2.05) is 6.07 Å². The number of hydrogen-bond acceptors (Lipinski definition) is 2. The Bertz CT molecular complexity index is 516. The van der Waals surface area contributed by atoms with Crippen LogP contribution in [-0.2, 0) is 0 Å². The van der Waals surface area contributed by atoms with E-state index in [9.17, 15) is 13.9 Å². The minimum Gasteiger partial charge on any atom is -0.387 e. The van der Waals surface area contributed by atoms with Crippen molar-refractivity contribution in [1.29, 1.82) is 0 Å². The van der Waals surface area contributed by atoms with Crippen LogP contribution in [-0.4, -0.2) is 11.7 Å². The first kappa shape index (κ1) is 12.5. The Morgan fingerprint density at radius 2 is 1.72 bits per heavy atom. The molecule has 0 bridgehead atoms. The van der Waals surface area contributed by atoms with Crippen molar-refractivity contribution in [2.24, 2.45) is 0 Å². The molecular weight excluding hydrogens is 236 g/mol. The first-order valence-corrected chi connectivity index (χ1v) is 5.59. The summed E-state index contributed by atoms with van der Waals surface area (Å²) in [4.78, 5) is 0. The fourth-order valence-electron chi connectivity index (χ4n) is 1.64. The van der Waals surface area contributed by atoms with Gasteiger partial charge in [-0.05, 0) is 17.7 Å². The molecule has 0 saturated heterocycles. The molecule has 0 amide bonds. The van der Waals surface area contributed by atoms with Crippen LogP contribution in [0.1, 0.15) is 11.7 Å². The van der Waals surface area contributed by atoms with Gasteiger partial charge in [0.15, 0.2) is 11.6 Å². The molecule has 0 aromatic heterocycles. The number of aliphatic hydroxyl groups excluding tert-OH is 1. The lowest BCUT2D eigenvalue weighted by Gasteiger charge is -2.13. The van der Waals surface area contributed by atoms with Crippen LogP contribution in [0.15, 0.2) is 48.5 Å². The third-order valence-electron chi connectivity index (χ3n) is 2.62. The number of halogens is 2. The van der Waals surface area contributed by atoms with Gasteiger partial charge in [-0.3, -0.25) is 0 Å². The second-order valence-electron chi connectivity index (χ2n) is 3.91. The maximum atomic E-state index is 13.3. The lowest BCUT2D eigenvalue weighted by Crippen LogP contribution is -2.13. The van der Waals surface area contributed by atoms with Crippen molar-refractivity contribution < 1.29 is 13.9 Å². The smallest absolute Gasteiger partial charge is 0.181 e. The zero-order valence-electron chi connectivity index (χ0n) is 9.61. The molecule has 2 aromatic carbocycles. The molecule has 2 nitrogen and oxygen atoms in total. The summed E-state index contributed by atoms with van der Waals surface area (Å²) in [5, 5.41) is 12.6. The Morgan fingerprint density at radius 3 is 2.44 bits per heavy atom. The lowest BCUT2D eigenvalue weighted by molar-refractivity contribution is 0.191. The van der Waals surface area contributed by atoms with Crippen molar-refractivity contribution in [2.45, 2.75) is 6.10 Å². The Labute approximate surface area is 104 Å². The predicted molar refractivity (Wildman–Crippen MR) is 66.2 cm³/mol. The molecule has 0 aliphatic heterocycles. The molecule has 0 aliphatic rings. The van der Waals surface area contributed by atoms with Gasteiger partial charge in [0.2, 0.25) is 0 Å². The standard InChI is InChI=1S/C14H13F2NO/c15-11-7-4-8-12(14(11)16)17-9-13(18)10-5-2-1-3-6-10/h1-8,13,17-18H,9H2. The van der Waals surface area contributed by atoms with Crippen LogP contribution in [0.25, 0.3) is 0 Å². The second kappa shape index (κ2) is 5.60. The quantitative estimate of drug-likeness (QED) is 0.872. The Balaban J connectivity index is 2.02. The number of benzene rings is 2. The molecule has 0 spiro atoms. The van der Waals surface area contributed by atoms with E-state index < -0.39 is 17.7 Å². The highest BCUT2D eigenvalue weighted by atomic mass is 19.2. The van der Waals surface area contributed by atoms with Crippen LogP contribution in [0, 0.1) is 11.6 Å². The van der Waals surface area contributed by atoms with Gasteiger partial charge in [-0.2, -0.15) is 0 Å². The Kier molecular flexibility index (Phi) is 3.89. The van der Waals surface area contributed by atoms with Crippen LogP contribution < -0.4 is 5.32 Å². The van der Waals surface area contributed by atoms with Gasteiger partial charge in [-0.15, -0.1) is 0 Å². The molecule has 2 rings (SSSR count). The average molecular weight is 249 g/mol. The molecule has 2 aromatic rings. The average Bonchev–Trinajstić information content (AvgIpc) is 2.41. The Morgan fingerprint density at radius 1 is 1.00 bits per heavy atom. The van der Waals surface area contributed by atoms with Crippen LogP contribution in [0.5, 0.6) is 0 Å². The van der Waals surface area contributed by atoms with Crippen molar-refractivity contribution in [2.75, 3.05) is 11.9 Å². The predicted octanol–water partition coefficient (Wildman–Crippen LogP) is 3.11. The van der Waals surface area contributed by atoms with Crippen molar-refractivity contribution in [3.05, 3.63) is 65.7 Å². The molecule has 0 fully saturated rings. The first-order chi connectivity index (χ1) is 8.68. The zero-order valence-corrected chi connectivity index (χ0v) is 9.61. The SMILES string of the molecule is OC(CNc1cccc(F)c1F)c1ccccc1. The fourth-order valence-corrected chi connectivity index (χ4v) is 1.64. The van der Waals surface area contributed by atoms with Gasteiger partial charge >= 0.3 is 0 Å². The summed E-state index contributed by atoms with van der Waals surface area (Å²) in [6.07, 6.45) is -0.770. The van der Waals surface area contributed by atoms with Gasteiger partial charge in [-0.25, -0.2) is 8.78 Å². The summed E-state index contributed by atoms with van der Waals surface area (Å²) >= 11 is 0. The molecule has 0 radical (unpaired) electrons. The van der Waals surface area contributed by atoms with E-state index in [-0.39, 0.29) is 12.2 Å². The fraction of sp³-hybridized carbons (Fsp3) is 0.143. The van der Waals surface area contributed by atoms with Crippen molar-refractivity contribution in [1.82, 2.24) is 0 Å². The van der Waals surface area contributed by atoms with E-state index in [2.05, 4.69) is 5.32 Å². The van der Waals surface area contributed by atoms with Gasteiger partial charge in [0.1, 0.15) is 0 Å². The maximum Gasteiger partial charge on any atom is 0.181 e. The number of anilines is 1. The molecular formula is C14H13F2NO. The van der Waals surface area contributed by atoms with Gasteiger partial charge < -0.3 is 10.4 Å². The summed E-state index contributed by atoms with van der Waals surface area (Å²) in [6.45, 7) is 0.115. The van der Waals surface area contributed by atoms with Gasteiger partial charge in [0.25, 0.3) is 0 Å². The van der Waals surface area contributed by atoms with E-state index in [4.69, 9.17) is 0 Å². The van der Waals surface area contributed by atoms with E-state index in [1.54, 1.807) is 24.3 Å². The Hall–Kier alpha value is -1.94. The van der Waals surface area contributed by atoms with Crippen molar-refractivity contribution in [3.63, 3.8) is 0 Å². The van der Waals surface area contributed by atoms with E-state index in [0.717, 1.165) is 11.6 Å². The van der Waals surface area contributed by atoms with Crippen LogP contribution in [0.3, 0.4) is 0 Å². The highest BCUT2D eigenvalue weighted by Crippen LogP contribution is 2.18. The normalized spacial score (nSPS) is 12.2. The number of aliphatic hydroxyl groups is 1. The van der Waals surface area contributed by atoms with Crippen LogP contribution >= 0.6 is 0 Å². The summed E-state index contributed by atoms with van der Waals surface area (Å²) in [7, 11) is 0. The summed E-state index contributed by atoms with van der Waals surface area (Å²) in [6, 6.07) is 12.9. The van der Waals surface area contributed by atoms with E-state index >= 15 is 0 Å². The molecule has 0 saturated carbocycles. The van der Waals surface area contributed by atoms with E-state index in [0.29, 0.717) is 0 Å². The van der Waals surface area contributed by atoms with Gasteiger partial charge in [-0.1, -0.05) is 36.4 Å². The topological polar surface area (TPSA) is 32.3 Å². The molecule has 0 aliphatic carbocycles. The van der Waals surface area contributed by atoms with Crippen molar-refractivity contribution in [3.8, 4) is 0 Å². The van der Waals surface area contributed by atoms with Crippen LogP contribution in [0.4, 0.5) is 14.5 Å². The molecule has 18 heavy (non-hydrogen) atoms. The monoisotopic (exact) mass is 249 g/mol. The number of rotatable bonds is 4. The number of hydrogen-bond donors (Lipinski definition) is 2. The van der Waals surface area contributed by atoms with E-state index in [1.165, 1.54) is 12.1 Å². The molecule has 2 N–H and O–H groups in total. The highest BCUT2D eigenvalue weighted by Gasteiger charge is 2.10. The maximum absolute atomic E-state index is 13.3. The van der Waals surface area contributed by atoms with Crippen molar-refractivity contribution >= 4 is 5.69 Å². The number of nitrogens with one attached hydrogen (secondary N) is 1. The largest absolute Gasteiger partial charge is 0.387 e. The minimum atomic E-state index is -0.933. The minimum absolute atomic E-state index is 0.0463. The summed E-state index contributed by atoms with van der Waals surface area (Å²) in [5.41, 5.74) is 0.770. The molecule has 1 atom stereocenters. The zero-order chi connectivity index (χ0) is 13.0. The highest BCUT2D eigenvalue weighted by molar-refractivity contribution is 5.45. The van der Waals surface area contributed by atoms with Gasteiger partial charge in [0, 0.05) is 6.54 Å². The molecule has 4 heteroatoms. The molecule has 1 unspecified atom stereocenters. The van der Waals surface area contributed by atoms with Gasteiger partial charge in [0.05, 0.1) is 11.8 Å². The molecule has 0 heterocycles. The molecule has 94 valence electrons. The third-order valence-corrected chi connectivity index (χ3v) is 2.62. The van der Waals surface area contributed by atoms with Crippen LogP contribution in [0.2, 0.25) is 0 Å². The summed E-state index contributed by atoms with van der Waals surface area (Å²) < 4.78 is 26.3. The first-order valence-electron chi connectivity index (χ1n) is 5.59. The second-order valence-corrected chi connectivity index (χ2v) is 3.91. The third kappa shape index (κ3) is 2.84. The summed E-state index contributed by atoms with van der Waals surface area (Å²) in [5.74, 6) is -1.84. The lowest BCUT2D eigenvalue weighted by atomic mass is 10.1.